The molecule has 0 radical (unpaired) electrons. The van der Waals surface area contributed by atoms with Crippen LogP contribution in [0.1, 0.15) is 49.4 Å². The van der Waals surface area contributed by atoms with Crippen LogP contribution in [0.25, 0.3) is 0 Å². The van der Waals surface area contributed by atoms with Crippen molar-refractivity contribution < 1.29 is 160 Å². The third kappa shape index (κ3) is 17.9. The Labute approximate surface area is 341 Å². The molecule has 9 nitrogen and oxygen atoms in total. The van der Waals surface area contributed by atoms with Gasteiger partial charge in [-0.2, -0.15) is 36.9 Å². The van der Waals surface area contributed by atoms with Gasteiger partial charge in [-0.3, -0.25) is 4.79 Å². The van der Waals surface area contributed by atoms with E-state index in [-0.39, 0.29) is 128 Å². The maximum atomic E-state index is 12.8. The Hall–Kier alpha value is -0.687. The van der Waals surface area contributed by atoms with E-state index in [4.69, 9.17) is 25.7 Å². The number of hydrogen-bond acceptors (Lipinski definition) is 9. The third-order valence-corrected chi connectivity index (χ3v) is 6.01. The van der Waals surface area contributed by atoms with Gasteiger partial charge in [-0.05, 0) is 75.2 Å². The third-order valence-electron chi connectivity index (χ3n) is 6.01. The summed E-state index contributed by atoms with van der Waals surface area (Å²) < 4.78 is 87.2. The number of nitriles is 2. The van der Waals surface area contributed by atoms with E-state index in [1.54, 1.807) is 11.0 Å². The van der Waals surface area contributed by atoms with Gasteiger partial charge in [0.2, 0.25) is 0 Å². The number of nitrogens with one attached hydrogen (secondary N) is 1. The zero-order valence-electron chi connectivity index (χ0n) is 25.5. The number of alkyl halides is 6. The number of benzene rings is 2. The van der Waals surface area contributed by atoms with Gasteiger partial charge in [-0.25, -0.2) is 4.39 Å². The maximum Gasteiger partial charge on any atom is 1.00 e. The van der Waals surface area contributed by atoms with E-state index in [1.807, 2.05) is 0 Å². The SMILES string of the molecule is N#Cc1ccc(F)cc1C(F)(F)F.N#Cc1ccc(N2CCC(O)CC2)cc1C(F)(F)F.O=CO[O-].OC1CCNCC1.[H-].[K+].[K+]. The Kier molecular flexibility index (Phi) is 24.4. The quantitative estimate of drug-likeness (QED) is 0.102. The van der Waals surface area contributed by atoms with Crippen molar-refractivity contribution in [3.63, 3.8) is 0 Å². The molecule has 18 heteroatoms. The van der Waals surface area contributed by atoms with Crippen LogP contribution in [0.5, 0.6) is 0 Å². The first-order chi connectivity index (χ1) is 20.2. The Morgan fingerprint density at radius 1 is 0.867 bits per heavy atom. The summed E-state index contributed by atoms with van der Waals surface area (Å²) in [4.78, 5) is 13.0. The van der Waals surface area contributed by atoms with Crippen molar-refractivity contribution in [1.82, 2.24) is 5.32 Å². The molecule has 0 saturated carbocycles. The predicted molar refractivity (Wildman–Crippen MR) is 136 cm³/mol. The van der Waals surface area contributed by atoms with Crippen molar-refractivity contribution in [1.29, 1.82) is 10.5 Å². The van der Waals surface area contributed by atoms with Gasteiger partial charge in [0.1, 0.15) is 5.82 Å². The number of piperidine rings is 2. The van der Waals surface area contributed by atoms with Crippen molar-refractivity contribution in [2.24, 2.45) is 0 Å². The van der Waals surface area contributed by atoms with E-state index in [1.165, 1.54) is 18.2 Å². The summed E-state index contributed by atoms with van der Waals surface area (Å²) in [6.45, 7) is 2.83. The molecule has 2 saturated heterocycles. The van der Waals surface area contributed by atoms with Crippen LogP contribution in [0.2, 0.25) is 0 Å². The maximum absolute atomic E-state index is 12.8. The minimum absolute atomic E-state index is 0. The van der Waals surface area contributed by atoms with Gasteiger partial charge in [0.25, 0.3) is 6.47 Å². The average Bonchev–Trinajstić information content (AvgIpc) is 2.97. The number of anilines is 1. The molecule has 2 aliphatic rings. The normalized spacial score (nSPS) is 14.9. The first kappa shape index (κ1) is 46.4. The summed E-state index contributed by atoms with van der Waals surface area (Å²) in [6, 6.07) is 8.55. The van der Waals surface area contributed by atoms with Gasteiger partial charge in [-0.15, -0.1) is 0 Å². The summed E-state index contributed by atoms with van der Waals surface area (Å²) >= 11 is 0. The summed E-state index contributed by atoms with van der Waals surface area (Å²) in [5, 5.41) is 46.9. The van der Waals surface area contributed by atoms with E-state index in [0.717, 1.165) is 44.1 Å². The fourth-order valence-electron chi connectivity index (χ4n) is 3.84. The number of halogens is 7. The number of carbonyl (C=O) groups is 1. The van der Waals surface area contributed by atoms with Crippen LogP contribution in [-0.2, 0) is 22.0 Å². The zero-order valence-corrected chi connectivity index (χ0v) is 30.7. The molecule has 45 heavy (non-hydrogen) atoms. The average molecular weight is 701 g/mol. The van der Waals surface area contributed by atoms with E-state index in [0.29, 0.717) is 37.7 Å². The van der Waals surface area contributed by atoms with Gasteiger partial charge in [0.05, 0.1) is 46.6 Å². The van der Waals surface area contributed by atoms with Gasteiger partial charge in [0.15, 0.2) is 0 Å². The monoisotopic (exact) mass is 700 g/mol. The number of aliphatic hydroxyl groups excluding tert-OH is 2. The molecule has 0 aliphatic carbocycles. The molecule has 2 heterocycles. The minimum atomic E-state index is -4.69. The molecule has 0 unspecified atom stereocenters. The largest absolute Gasteiger partial charge is 1.00 e. The first-order valence-electron chi connectivity index (χ1n) is 12.6. The van der Waals surface area contributed by atoms with Crippen LogP contribution in [0.15, 0.2) is 36.4 Å². The zero-order chi connectivity index (χ0) is 32.6. The van der Waals surface area contributed by atoms with Crippen LogP contribution in [-0.4, -0.2) is 55.1 Å². The van der Waals surface area contributed by atoms with Crippen LogP contribution in [0, 0.1) is 28.5 Å². The molecule has 0 aromatic heterocycles. The van der Waals surface area contributed by atoms with Crippen LogP contribution in [0.3, 0.4) is 0 Å². The van der Waals surface area contributed by atoms with Gasteiger partial charge >= 0.3 is 115 Å². The molecule has 2 aromatic rings. The molecule has 2 aliphatic heterocycles. The number of nitrogens with zero attached hydrogens (tertiary/aromatic N) is 3. The minimum Gasteiger partial charge on any atom is -1.00 e. The van der Waals surface area contributed by atoms with E-state index < -0.39 is 34.9 Å². The molecular weight excluding hydrogens is 672 g/mol. The predicted octanol–water partition coefficient (Wildman–Crippen LogP) is -2.46. The fourth-order valence-corrected chi connectivity index (χ4v) is 3.84. The molecule has 238 valence electrons. The van der Waals surface area contributed by atoms with Crippen molar-refractivity contribution in [3.8, 4) is 12.1 Å². The Balaban J connectivity index is -0.000000596. The number of rotatable bonds is 2. The molecule has 0 bridgehead atoms. The molecule has 2 aromatic carbocycles. The molecular formula is C27H29F7K2N4O5. The second-order valence-corrected chi connectivity index (χ2v) is 9.03. The summed E-state index contributed by atoms with van der Waals surface area (Å²) in [5.41, 5.74) is -2.64. The van der Waals surface area contributed by atoms with E-state index >= 15 is 0 Å². The standard InChI is InChI=1S/C13H13F3N2O.C8H3F4N.C5H11NO.CH2O3.2K.H/c14-13(15,16)12-7-10(2-1-9(12)8-17)18-5-3-11(19)4-6-18;9-6-2-1-5(4-13)7(3-6)8(10,11)12;7-5-1-3-6-4-2-5;2-1-4-3;;;/h1-2,7,11,19H,3-6H2;1-3H;5-7H,1-4H2;1,3H;;;/q;;;;2*+1;-1/p-1. The molecule has 2 fully saturated rings. The Morgan fingerprint density at radius 2 is 1.29 bits per heavy atom. The molecule has 4 rings (SSSR count). The van der Waals surface area contributed by atoms with Crippen molar-refractivity contribution in [2.75, 3.05) is 31.1 Å². The molecule has 0 amide bonds. The topological polar surface area (TPSA) is 153 Å². The van der Waals surface area contributed by atoms with E-state index in [9.17, 15) is 35.8 Å². The summed E-state index contributed by atoms with van der Waals surface area (Å²) in [5.74, 6) is -1.01. The second kappa shape index (κ2) is 23.6. The van der Waals surface area contributed by atoms with Crippen molar-refractivity contribution in [2.45, 2.75) is 50.2 Å². The Bertz CT molecular complexity index is 1250. The van der Waals surface area contributed by atoms with Crippen LogP contribution in [0.4, 0.5) is 36.4 Å². The van der Waals surface area contributed by atoms with Gasteiger partial charge < -0.3 is 32.0 Å². The summed E-state index contributed by atoms with van der Waals surface area (Å²) in [7, 11) is 0. The molecule has 3 N–H and O–H groups in total. The second-order valence-electron chi connectivity index (χ2n) is 9.03. The van der Waals surface area contributed by atoms with E-state index in [2.05, 4.69) is 10.2 Å². The van der Waals surface area contributed by atoms with Gasteiger partial charge in [0, 0.05) is 18.8 Å². The van der Waals surface area contributed by atoms with Crippen LogP contribution >= 0.6 is 0 Å². The summed E-state index contributed by atoms with van der Waals surface area (Å²) in [6.07, 6.45) is -6.68. The number of hydrogen-bond donors (Lipinski definition) is 3. The van der Waals surface area contributed by atoms with Crippen LogP contribution < -0.4 is 118 Å². The number of carbonyl (C=O) groups excluding carboxylic acids is 1. The number of aliphatic hydroxyl groups is 2. The smallest absolute Gasteiger partial charge is 1.00 e. The van der Waals surface area contributed by atoms with Crippen molar-refractivity contribution in [3.05, 3.63) is 64.5 Å². The fraction of sp³-hybridized carbons (Fsp3) is 0.444. The molecule has 0 atom stereocenters. The van der Waals surface area contributed by atoms with Crippen molar-refractivity contribution >= 4 is 12.2 Å². The first-order valence-corrected chi connectivity index (χ1v) is 12.6. The molecule has 0 spiro atoms. The Morgan fingerprint density at radius 3 is 1.67 bits per heavy atom. The van der Waals surface area contributed by atoms with Gasteiger partial charge in [-0.1, -0.05) is 0 Å².